The van der Waals surface area contributed by atoms with Crippen LogP contribution in [0.5, 0.6) is 0 Å². The Hall–Kier alpha value is -1.03. The van der Waals surface area contributed by atoms with Crippen molar-refractivity contribution in [1.29, 1.82) is 0 Å². The molecule has 0 bridgehead atoms. The Morgan fingerprint density at radius 3 is 2.30 bits per heavy atom. The Bertz CT molecular complexity index is 686. The highest BCUT2D eigenvalue weighted by molar-refractivity contribution is 7.91. The normalized spacial score (nSPS) is 12.8. The number of nitrogens with zero attached hydrogens (tertiary/aromatic N) is 1. The zero-order valence-electron chi connectivity index (χ0n) is 11.2. The van der Waals surface area contributed by atoms with Crippen LogP contribution in [0.1, 0.15) is 6.92 Å². The molecule has 0 saturated carbocycles. The number of sulfone groups is 1. The van der Waals surface area contributed by atoms with Crippen molar-refractivity contribution in [1.82, 2.24) is 4.31 Å². The molecule has 9 heteroatoms. The molecule has 2 N–H and O–H groups in total. The van der Waals surface area contributed by atoms with E-state index in [0.717, 1.165) is 28.8 Å². The van der Waals surface area contributed by atoms with Gasteiger partial charge in [0.2, 0.25) is 10.0 Å². The Morgan fingerprint density at radius 1 is 1.25 bits per heavy atom. The van der Waals surface area contributed by atoms with E-state index in [0.29, 0.717) is 0 Å². The van der Waals surface area contributed by atoms with Gasteiger partial charge in [-0.15, -0.1) is 0 Å². The molecule has 0 aliphatic heterocycles. The summed E-state index contributed by atoms with van der Waals surface area (Å²) < 4.78 is 62.2. The lowest BCUT2D eigenvalue weighted by molar-refractivity contribution is 0.430. The van der Waals surface area contributed by atoms with Gasteiger partial charge in [0, 0.05) is 25.9 Å². The highest BCUT2D eigenvalue weighted by atomic mass is 32.2. The average Bonchev–Trinajstić information content (AvgIpc) is 2.34. The van der Waals surface area contributed by atoms with E-state index in [2.05, 4.69) is 0 Å². The van der Waals surface area contributed by atoms with Crippen LogP contribution in [-0.4, -0.2) is 47.0 Å². The zero-order chi connectivity index (χ0) is 15.6. The van der Waals surface area contributed by atoms with Gasteiger partial charge in [0.1, 0.15) is 10.7 Å². The van der Waals surface area contributed by atoms with Crippen molar-refractivity contribution >= 4 is 19.9 Å². The molecule has 114 valence electrons. The van der Waals surface area contributed by atoms with Gasteiger partial charge in [0.25, 0.3) is 0 Å². The summed E-state index contributed by atoms with van der Waals surface area (Å²) in [5.41, 5.74) is 5.32. The highest BCUT2D eigenvalue weighted by Gasteiger charge is 2.27. The van der Waals surface area contributed by atoms with Crippen LogP contribution in [0.4, 0.5) is 4.39 Å². The Balaban J connectivity index is 3.45. The van der Waals surface area contributed by atoms with E-state index >= 15 is 0 Å². The first-order valence-electron chi connectivity index (χ1n) is 5.84. The first-order valence-corrected chi connectivity index (χ1v) is 9.17. The minimum atomic E-state index is -4.11. The quantitative estimate of drug-likeness (QED) is 0.754. The second-order valence-electron chi connectivity index (χ2n) is 4.15. The average molecular weight is 324 g/mol. The summed E-state index contributed by atoms with van der Waals surface area (Å²) in [6, 6.07) is 2.70. The van der Waals surface area contributed by atoms with Crippen LogP contribution in [0.2, 0.25) is 0 Å². The lowest BCUT2D eigenvalue weighted by atomic mass is 10.3. The number of benzene rings is 1. The van der Waals surface area contributed by atoms with Gasteiger partial charge in [-0.3, -0.25) is 0 Å². The Labute approximate surface area is 118 Å². The van der Waals surface area contributed by atoms with E-state index in [-0.39, 0.29) is 24.5 Å². The molecule has 0 amide bonds. The molecular weight excluding hydrogens is 307 g/mol. The van der Waals surface area contributed by atoms with E-state index in [1.165, 1.54) is 0 Å². The molecular formula is C11H17FN2O4S2. The maximum atomic E-state index is 13.8. The van der Waals surface area contributed by atoms with Crippen molar-refractivity contribution in [2.75, 3.05) is 25.9 Å². The molecule has 0 heterocycles. The molecule has 0 radical (unpaired) electrons. The summed E-state index contributed by atoms with van der Waals surface area (Å²) in [4.78, 5) is -0.906. The first-order chi connectivity index (χ1) is 9.14. The zero-order valence-corrected chi connectivity index (χ0v) is 12.8. The van der Waals surface area contributed by atoms with E-state index in [9.17, 15) is 21.2 Å². The van der Waals surface area contributed by atoms with Gasteiger partial charge in [-0.1, -0.05) is 6.92 Å². The van der Waals surface area contributed by atoms with Crippen molar-refractivity contribution in [3.63, 3.8) is 0 Å². The monoisotopic (exact) mass is 324 g/mol. The van der Waals surface area contributed by atoms with E-state index < -0.39 is 30.6 Å². The van der Waals surface area contributed by atoms with Gasteiger partial charge in [0.05, 0.1) is 4.90 Å². The first kappa shape index (κ1) is 17.0. The molecule has 0 atom stereocenters. The van der Waals surface area contributed by atoms with Crippen molar-refractivity contribution in [3.05, 3.63) is 24.0 Å². The number of hydrogen-bond acceptors (Lipinski definition) is 5. The predicted octanol–water partition coefficient (Wildman–Crippen LogP) is 0.199. The van der Waals surface area contributed by atoms with Crippen molar-refractivity contribution in [2.45, 2.75) is 16.7 Å². The molecule has 0 spiro atoms. The summed E-state index contributed by atoms with van der Waals surface area (Å²) >= 11 is 0. The molecule has 0 unspecified atom stereocenters. The topological polar surface area (TPSA) is 97.5 Å². The fourth-order valence-electron chi connectivity index (χ4n) is 1.64. The van der Waals surface area contributed by atoms with E-state index in [1.54, 1.807) is 6.92 Å². The number of hydrogen-bond donors (Lipinski definition) is 1. The summed E-state index contributed by atoms with van der Waals surface area (Å²) in [5.74, 6) is -0.993. The van der Waals surface area contributed by atoms with Crippen molar-refractivity contribution in [2.24, 2.45) is 5.73 Å². The molecule has 0 fully saturated rings. The maximum absolute atomic E-state index is 13.8. The lowest BCUT2D eigenvalue weighted by Gasteiger charge is -2.20. The molecule has 6 nitrogen and oxygen atoms in total. The van der Waals surface area contributed by atoms with Crippen LogP contribution in [0, 0.1) is 5.82 Å². The van der Waals surface area contributed by atoms with Crippen LogP contribution >= 0.6 is 0 Å². The van der Waals surface area contributed by atoms with Crippen LogP contribution in [0.25, 0.3) is 0 Å². The number of halogens is 1. The fourth-order valence-corrected chi connectivity index (χ4v) is 3.92. The minimum Gasteiger partial charge on any atom is -0.329 e. The Kier molecular flexibility index (Phi) is 5.25. The highest BCUT2D eigenvalue weighted by Crippen LogP contribution is 2.22. The molecule has 1 rings (SSSR count). The van der Waals surface area contributed by atoms with Crippen molar-refractivity contribution in [3.8, 4) is 0 Å². The molecule has 0 aliphatic carbocycles. The van der Waals surface area contributed by atoms with Crippen LogP contribution in [0.3, 0.4) is 0 Å². The van der Waals surface area contributed by atoms with Crippen molar-refractivity contribution < 1.29 is 21.2 Å². The third-order valence-electron chi connectivity index (χ3n) is 2.68. The lowest BCUT2D eigenvalue weighted by Crippen LogP contribution is -2.35. The minimum absolute atomic E-state index is 0.0291. The van der Waals surface area contributed by atoms with Gasteiger partial charge in [-0.2, -0.15) is 4.31 Å². The Morgan fingerprint density at radius 2 is 1.85 bits per heavy atom. The molecule has 1 aromatic carbocycles. The van der Waals surface area contributed by atoms with Crippen LogP contribution in [-0.2, 0) is 19.9 Å². The smallest absolute Gasteiger partial charge is 0.246 e. The van der Waals surface area contributed by atoms with Gasteiger partial charge in [-0.05, 0) is 18.2 Å². The number of sulfonamides is 1. The summed E-state index contributed by atoms with van der Waals surface area (Å²) in [6.45, 7) is 1.81. The number of rotatable bonds is 6. The molecule has 20 heavy (non-hydrogen) atoms. The van der Waals surface area contributed by atoms with Gasteiger partial charge >= 0.3 is 0 Å². The van der Waals surface area contributed by atoms with E-state index in [1.807, 2.05) is 0 Å². The largest absolute Gasteiger partial charge is 0.329 e. The second kappa shape index (κ2) is 6.17. The second-order valence-corrected chi connectivity index (χ2v) is 8.07. The number of nitrogens with two attached hydrogens (primary N) is 1. The van der Waals surface area contributed by atoms with Gasteiger partial charge in [-0.25, -0.2) is 21.2 Å². The molecule has 0 aliphatic rings. The number of likely N-dealkylation sites (N-methyl/N-ethyl adjacent to an activating group) is 1. The molecule has 1 aromatic rings. The predicted molar refractivity (Wildman–Crippen MR) is 73.0 cm³/mol. The SMILES string of the molecule is CCN(CCN)S(=O)(=O)c1cc(S(C)(=O)=O)ccc1F. The van der Waals surface area contributed by atoms with E-state index in [4.69, 9.17) is 5.73 Å². The summed E-state index contributed by atoms with van der Waals surface area (Å²) in [6.07, 6.45) is 0.925. The molecule has 0 saturated heterocycles. The van der Waals surface area contributed by atoms with Gasteiger partial charge < -0.3 is 5.73 Å². The maximum Gasteiger partial charge on any atom is 0.246 e. The van der Waals surface area contributed by atoms with Gasteiger partial charge in [0.15, 0.2) is 9.84 Å². The standard InChI is InChI=1S/C11H17FN2O4S2/c1-3-14(7-6-13)20(17,18)11-8-9(19(2,15)16)4-5-10(11)12/h4-5,8H,3,6-7,13H2,1-2H3. The molecule has 0 aromatic heterocycles. The summed E-state index contributed by atoms with van der Waals surface area (Å²) in [7, 11) is -7.73. The third kappa shape index (κ3) is 3.54. The van der Waals surface area contributed by atoms with Crippen LogP contribution < -0.4 is 5.73 Å². The summed E-state index contributed by atoms with van der Waals surface area (Å²) in [5, 5.41) is 0. The third-order valence-corrected chi connectivity index (χ3v) is 5.78. The van der Waals surface area contributed by atoms with Crippen LogP contribution in [0.15, 0.2) is 28.0 Å². The fraction of sp³-hybridized carbons (Fsp3) is 0.455.